The second-order valence-electron chi connectivity index (χ2n) is 4.49. The van der Waals surface area contributed by atoms with Crippen molar-refractivity contribution in [2.75, 3.05) is 26.2 Å². The average molecular weight is 200 g/mol. The zero-order chi connectivity index (χ0) is 10.6. The van der Waals surface area contributed by atoms with Crippen LogP contribution in [0.25, 0.3) is 0 Å². The molecule has 14 heavy (non-hydrogen) atoms. The number of hydrogen-bond donors (Lipinski definition) is 1. The summed E-state index contributed by atoms with van der Waals surface area (Å²) in [5.74, 6) is 0.646. The second-order valence-corrected chi connectivity index (χ2v) is 4.49. The molecule has 1 aliphatic rings. The summed E-state index contributed by atoms with van der Waals surface area (Å²) < 4.78 is 5.69. The molecule has 1 saturated heterocycles. The summed E-state index contributed by atoms with van der Waals surface area (Å²) in [4.78, 5) is 2.49. The SMILES string of the molecule is CCC(CN)CN1CC(C)OC(C)C1. The van der Waals surface area contributed by atoms with Crippen molar-refractivity contribution in [1.29, 1.82) is 0 Å². The van der Waals surface area contributed by atoms with Gasteiger partial charge in [0.1, 0.15) is 0 Å². The molecule has 0 aromatic carbocycles. The van der Waals surface area contributed by atoms with Crippen LogP contribution in [0.1, 0.15) is 27.2 Å². The standard InChI is InChI=1S/C11H24N2O/c1-4-11(5-12)8-13-6-9(2)14-10(3)7-13/h9-11H,4-8,12H2,1-3H3. The lowest BCUT2D eigenvalue weighted by Gasteiger charge is -2.36. The molecule has 3 unspecified atom stereocenters. The van der Waals surface area contributed by atoms with E-state index in [4.69, 9.17) is 10.5 Å². The van der Waals surface area contributed by atoms with Gasteiger partial charge in [-0.15, -0.1) is 0 Å². The molecule has 0 aliphatic carbocycles. The van der Waals surface area contributed by atoms with Crippen molar-refractivity contribution in [2.45, 2.75) is 39.4 Å². The first-order valence-corrected chi connectivity index (χ1v) is 5.73. The quantitative estimate of drug-likeness (QED) is 0.738. The fraction of sp³-hybridized carbons (Fsp3) is 1.00. The highest BCUT2D eigenvalue weighted by Gasteiger charge is 2.23. The number of rotatable bonds is 4. The van der Waals surface area contributed by atoms with Crippen LogP contribution in [-0.4, -0.2) is 43.3 Å². The topological polar surface area (TPSA) is 38.5 Å². The third kappa shape index (κ3) is 3.56. The van der Waals surface area contributed by atoms with Gasteiger partial charge < -0.3 is 10.5 Å². The van der Waals surface area contributed by atoms with Crippen molar-refractivity contribution in [1.82, 2.24) is 4.90 Å². The van der Waals surface area contributed by atoms with Crippen LogP contribution in [0.3, 0.4) is 0 Å². The summed E-state index contributed by atoms with van der Waals surface area (Å²) in [6.07, 6.45) is 1.92. The van der Waals surface area contributed by atoms with Gasteiger partial charge >= 0.3 is 0 Å². The Labute approximate surface area is 87.6 Å². The summed E-state index contributed by atoms with van der Waals surface area (Å²) in [7, 11) is 0. The van der Waals surface area contributed by atoms with E-state index in [9.17, 15) is 0 Å². The summed E-state index contributed by atoms with van der Waals surface area (Å²) in [5.41, 5.74) is 5.71. The molecule has 1 rings (SSSR count). The summed E-state index contributed by atoms with van der Waals surface area (Å²) in [5, 5.41) is 0. The van der Waals surface area contributed by atoms with E-state index in [1.165, 1.54) is 6.42 Å². The zero-order valence-corrected chi connectivity index (χ0v) is 9.70. The summed E-state index contributed by atoms with van der Waals surface area (Å²) in [6.45, 7) is 10.5. The first-order valence-electron chi connectivity index (χ1n) is 5.73. The highest BCUT2D eigenvalue weighted by atomic mass is 16.5. The molecule has 1 fully saturated rings. The van der Waals surface area contributed by atoms with Gasteiger partial charge in [0.05, 0.1) is 12.2 Å². The van der Waals surface area contributed by atoms with E-state index in [0.29, 0.717) is 18.1 Å². The molecule has 2 N–H and O–H groups in total. The minimum absolute atomic E-state index is 0.369. The second kappa shape index (κ2) is 5.69. The van der Waals surface area contributed by atoms with E-state index in [1.54, 1.807) is 0 Å². The lowest BCUT2D eigenvalue weighted by molar-refractivity contribution is -0.0712. The molecule has 3 heteroatoms. The Bertz CT molecular complexity index is 149. The zero-order valence-electron chi connectivity index (χ0n) is 9.70. The van der Waals surface area contributed by atoms with Gasteiger partial charge in [0.25, 0.3) is 0 Å². The van der Waals surface area contributed by atoms with Crippen LogP contribution in [0, 0.1) is 5.92 Å². The first-order chi connectivity index (χ1) is 6.65. The Kier molecular flexibility index (Phi) is 4.85. The fourth-order valence-electron chi connectivity index (χ4n) is 2.17. The smallest absolute Gasteiger partial charge is 0.0678 e. The number of hydrogen-bond acceptors (Lipinski definition) is 3. The van der Waals surface area contributed by atoms with Gasteiger partial charge in [-0.3, -0.25) is 4.90 Å². The minimum Gasteiger partial charge on any atom is -0.373 e. The maximum absolute atomic E-state index is 5.71. The monoisotopic (exact) mass is 200 g/mol. The predicted octanol–water partition coefficient (Wildman–Crippen LogP) is 1.08. The Hall–Kier alpha value is -0.120. The lowest BCUT2D eigenvalue weighted by atomic mass is 10.1. The van der Waals surface area contributed by atoms with E-state index in [-0.39, 0.29) is 0 Å². The van der Waals surface area contributed by atoms with E-state index in [1.807, 2.05) is 0 Å². The number of nitrogens with two attached hydrogens (primary N) is 1. The van der Waals surface area contributed by atoms with Crippen LogP contribution in [0.15, 0.2) is 0 Å². The highest BCUT2D eigenvalue weighted by molar-refractivity contribution is 4.75. The minimum atomic E-state index is 0.369. The Morgan fingerprint density at radius 3 is 2.36 bits per heavy atom. The van der Waals surface area contributed by atoms with Gasteiger partial charge in [0, 0.05) is 19.6 Å². The maximum atomic E-state index is 5.71. The third-order valence-corrected chi connectivity index (χ3v) is 2.92. The van der Waals surface area contributed by atoms with Gasteiger partial charge in [-0.05, 0) is 26.3 Å². The molecular formula is C11H24N2O. The molecule has 0 aromatic heterocycles. The van der Waals surface area contributed by atoms with Gasteiger partial charge in [-0.1, -0.05) is 13.3 Å². The molecule has 3 atom stereocenters. The van der Waals surface area contributed by atoms with Crippen LogP contribution < -0.4 is 5.73 Å². The van der Waals surface area contributed by atoms with Crippen LogP contribution in [0.4, 0.5) is 0 Å². The van der Waals surface area contributed by atoms with Crippen molar-refractivity contribution >= 4 is 0 Å². The molecule has 0 bridgehead atoms. The van der Waals surface area contributed by atoms with E-state index >= 15 is 0 Å². The van der Waals surface area contributed by atoms with Crippen molar-refractivity contribution in [2.24, 2.45) is 11.7 Å². The largest absolute Gasteiger partial charge is 0.373 e. The van der Waals surface area contributed by atoms with Crippen molar-refractivity contribution in [3.63, 3.8) is 0 Å². The third-order valence-electron chi connectivity index (χ3n) is 2.92. The van der Waals surface area contributed by atoms with Gasteiger partial charge in [-0.2, -0.15) is 0 Å². The summed E-state index contributed by atoms with van der Waals surface area (Å²) in [6, 6.07) is 0. The molecule has 0 aromatic rings. The molecule has 1 aliphatic heterocycles. The van der Waals surface area contributed by atoms with Crippen LogP contribution >= 0.6 is 0 Å². The molecule has 3 nitrogen and oxygen atoms in total. The predicted molar refractivity (Wildman–Crippen MR) is 59.3 cm³/mol. The Morgan fingerprint density at radius 1 is 1.36 bits per heavy atom. The van der Waals surface area contributed by atoms with Crippen LogP contribution in [0.2, 0.25) is 0 Å². The van der Waals surface area contributed by atoms with Crippen LogP contribution in [0.5, 0.6) is 0 Å². The molecule has 0 spiro atoms. The van der Waals surface area contributed by atoms with Crippen molar-refractivity contribution in [3.8, 4) is 0 Å². The van der Waals surface area contributed by atoms with E-state index < -0.39 is 0 Å². The Morgan fingerprint density at radius 2 is 1.93 bits per heavy atom. The first kappa shape index (κ1) is 12.0. The molecule has 0 amide bonds. The van der Waals surface area contributed by atoms with Crippen molar-refractivity contribution < 1.29 is 4.74 Å². The Balaban J connectivity index is 2.35. The van der Waals surface area contributed by atoms with E-state index in [0.717, 1.165) is 26.2 Å². The summed E-state index contributed by atoms with van der Waals surface area (Å²) >= 11 is 0. The van der Waals surface area contributed by atoms with E-state index in [2.05, 4.69) is 25.7 Å². The van der Waals surface area contributed by atoms with Gasteiger partial charge in [-0.25, -0.2) is 0 Å². The average Bonchev–Trinajstić information content (AvgIpc) is 2.12. The molecule has 84 valence electrons. The van der Waals surface area contributed by atoms with Gasteiger partial charge in [0.15, 0.2) is 0 Å². The fourth-order valence-corrected chi connectivity index (χ4v) is 2.17. The molecule has 1 heterocycles. The maximum Gasteiger partial charge on any atom is 0.0678 e. The highest BCUT2D eigenvalue weighted by Crippen LogP contribution is 2.13. The van der Waals surface area contributed by atoms with Crippen molar-refractivity contribution in [3.05, 3.63) is 0 Å². The molecular weight excluding hydrogens is 176 g/mol. The number of nitrogens with zero attached hydrogens (tertiary/aromatic N) is 1. The normalized spacial score (nSPS) is 31.7. The number of ether oxygens (including phenoxy) is 1. The van der Waals surface area contributed by atoms with Crippen LogP contribution in [-0.2, 0) is 4.74 Å². The number of morpholine rings is 1. The molecule has 0 radical (unpaired) electrons. The molecule has 0 saturated carbocycles. The van der Waals surface area contributed by atoms with Gasteiger partial charge in [0.2, 0.25) is 0 Å². The lowest BCUT2D eigenvalue weighted by Crippen LogP contribution is -2.47.